The van der Waals surface area contributed by atoms with Crippen LogP contribution in [0.25, 0.3) is 0 Å². The van der Waals surface area contributed by atoms with Crippen LogP contribution in [0.3, 0.4) is 0 Å². The van der Waals surface area contributed by atoms with Gasteiger partial charge in [0.2, 0.25) is 0 Å². The van der Waals surface area contributed by atoms with E-state index in [-0.39, 0.29) is 5.92 Å². The van der Waals surface area contributed by atoms with E-state index in [0.717, 1.165) is 5.56 Å². The van der Waals surface area contributed by atoms with E-state index in [0.29, 0.717) is 0 Å². The zero-order chi connectivity index (χ0) is 10.0. The van der Waals surface area contributed by atoms with Crippen LogP contribution in [0.1, 0.15) is 11.5 Å². The molecule has 0 saturated heterocycles. The molecule has 2 atom stereocenters. The molecular formula is C12H12FN. The number of hydrogen-bond acceptors (Lipinski definition) is 1. The first-order valence-corrected chi connectivity index (χ1v) is 4.59. The van der Waals surface area contributed by atoms with Crippen molar-refractivity contribution >= 4 is 0 Å². The van der Waals surface area contributed by atoms with Crippen LogP contribution in [-0.2, 0) is 0 Å². The van der Waals surface area contributed by atoms with Crippen LogP contribution < -0.4 is 5.73 Å². The molecule has 0 amide bonds. The second-order valence-electron chi connectivity index (χ2n) is 3.46. The van der Waals surface area contributed by atoms with Crippen LogP contribution in [0.4, 0.5) is 4.39 Å². The predicted molar refractivity (Wildman–Crippen MR) is 55.5 cm³/mol. The number of nitrogens with two attached hydrogens (primary N) is 1. The maximum atomic E-state index is 13.9. The normalized spacial score (nSPS) is 30.6. The van der Waals surface area contributed by atoms with E-state index >= 15 is 0 Å². The van der Waals surface area contributed by atoms with Gasteiger partial charge in [0.25, 0.3) is 0 Å². The summed E-state index contributed by atoms with van der Waals surface area (Å²) in [5.41, 5.74) is 6.45. The number of alkyl halides is 1. The van der Waals surface area contributed by atoms with Crippen LogP contribution in [0.15, 0.2) is 54.6 Å². The number of halogens is 1. The van der Waals surface area contributed by atoms with Crippen LogP contribution in [-0.4, -0.2) is 5.79 Å². The van der Waals surface area contributed by atoms with E-state index in [1.165, 1.54) is 6.08 Å². The maximum absolute atomic E-state index is 13.9. The van der Waals surface area contributed by atoms with Gasteiger partial charge in [-0.05, 0) is 11.6 Å². The molecule has 2 unspecified atom stereocenters. The monoisotopic (exact) mass is 189 g/mol. The number of hydrogen-bond donors (Lipinski definition) is 1. The Hall–Kier alpha value is -1.41. The summed E-state index contributed by atoms with van der Waals surface area (Å²) in [6.07, 6.45) is 6.64. The van der Waals surface area contributed by atoms with E-state index < -0.39 is 5.79 Å². The second kappa shape index (κ2) is 3.39. The summed E-state index contributed by atoms with van der Waals surface area (Å²) < 4.78 is 13.9. The summed E-state index contributed by atoms with van der Waals surface area (Å²) in [5.74, 6) is -2.15. The average molecular weight is 189 g/mol. The Morgan fingerprint density at radius 2 is 1.86 bits per heavy atom. The highest BCUT2D eigenvalue weighted by molar-refractivity contribution is 5.34. The second-order valence-corrected chi connectivity index (χ2v) is 3.46. The predicted octanol–water partition coefficient (Wildman–Crippen LogP) is 2.52. The molecule has 1 aromatic carbocycles. The molecule has 0 radical (unpaired) electrons. The highest BCUT2D eigenvalue weighted by atomic mass is 19.1. The van der Waals surface area contributed by atoms with Crippen LogP contribution in [0.5, 0.6) is 0 Å². The topological polar surface area (TPSA) is 26.0 Å². The SMILES string of the molecule is NC1(F)C=CC=CC1c1ccccc1. The molecule has 2 N–H and O–H groups in total. The molecule has 1 aromatic rings. The lowest BCUT2D eigenvalue weighted by atomic mass is 9.87. The Bertz CT molecular complexity index is 365. The third-order valence-corrected chi connectivity index (χ3v) is 2.40. The van der Waals surface area contributed by atoms with Gasteiger partial charge in [-0.15, -0.1) is 0 Å². The van der Waals surface area contributed by atoms with Crippen LogP contribution >= 0.6 is 0 Å². The zero-order valence-electron chi connectivity index (χ0n) is 7.73. The molecule has 14 heavy (non-hydrogen) atoms. The summed E-state index contributed by atoms with van der Waals surface area (Å²) >= 11 is 0. The number of rotatable bonds is 1. The van der Waals surface area contributed by atoms with Gasteiger partial charge in [-0.2, -0.15) is 0 Å². The summed E-state index contributed by atoms with van der Waals surface area (Å²) in [7, 11) is 0. The first-order chi connectivity index (χ1) is 6.70. The van der Waals surface area contributed by atoms with Crippen molar-refractivity contribution in [3.63, 3.8) is 0 Å². The molecule has 0 heterocycles. The quantitative estimate of drug-likeness (QED) is 0.675. The van der Waals surface area contributed by atoms with E-state index in [4.69, 9.17) is 5.73 Å². The molecule has 2 rings (SSSR count). The molecule has 1 aliphatic carbocycles. The molecule has 0 fully saturated rings. The minimum atomic E-state index is -1.77. The van der Waals surface area contributed by atoms with Crippen LogP contribution in [0.2, 0.25) is 0 Å². The van der Waals surface area contributed by atoms with E-state index in [1.54, 1.807) is 12.2 Å². The van der Waals surface area contributed by atoms with E-state index in [2.05, 4.69) is 0 Å². The van der Waals surface area contributed by atoms with E-state index in [1.807, 2.05) is 36.4 Å². The highest BCUT2D eigenvalue weighted by Gasteiger charge is 2.32. The summed E-state index contributed by atoms with van der Waals surface area (Å²) in [6, 6.07) is 9.45. The lowest BCUT2D eigenvalue weighted by molar-refractivity contribution is 0.214. The largest absolute Gasteiger partial charge is 0.295 e. The standard InChI is InChI=1S/C12H12FN/c13-12(14)9-5-4-8-11(12)10-6-2-1-3-7-10/h1-9,11H,14H2. The number of allylic oxidation sites excluding steroid dienone is 2. The number of benzene rings is 1. The smallest absolute Gasteiger partial charge is 0.188 e. The lowest BCUT2D eigenvalue weighted by Gasteiger charge is -2.27. The fraction of sp³-hybridized carbons (Fsp3) is 0.167. The third-order valence-electron chi connectivity index (χ3n) is 2.40. The van der Waals surface area contributed by atoms with Crippen molar-refractivity contribution in [2.24, 2.45) is 5.73 Å². The van der Waals surface area contributed by atoms with Gasteiger partial charge in [-0.25, -0.2) is 4.39 Å². The Morgan fingerprint density at radius 3 is 2.50 bits per heavy atom. The van der Waals surface area contributed by atoms with Crippen molar-refractivity contribution in [3.05, 3.63) is 60.2 Å². The Kier molecular flexibility index (Phi) is 2.22. The molecule has 0 aliphatic heterocycles. The molecule has 0 bridgehead atoms. The highest BCUT2D eigenvalue weighted by Crippen LogP contribution is 2.32. The van der Waals surface area contributed by atoms with Gasteiger partial charge < -0.3 is 0 Å². The van der Waals surface area contributed by atoms with Gasteiger partial charge >= 0.3 is 0 Å². The van der Waals surface area contributed by atoms with Gasteiger partial charge in [-0.3, -0.25) is 5.73 Å². The molecule has 0 saturated carbocycles. The minimum absolute atomic E-state index is 0.381. The molecule has 2 heteroatoms. The Morgan fingerprint density at radius 1 is 1.14 bits per heavy atom. The molecule has 1 nitrogen and oxygen atoms in total. The van der Waals surface area contributed by atoms with Gasteiger partial charge in [0.05, 0.1) is 5.92 Å². The molecule has 0 aromatic heterocycles. The Balaban J connectivity index is 2.36. The zero-order valence-corrected chi connectivity index (χ0v) is 7.73. The molecule has 72 valence electrons. The summed E-state index contributed by atoms with van der Waals surface area (Å²) in [5, 5.41) is 0. The average Bonchev–Trinajstić information content (AvgIpc) is 2.18. The van der Waals surface area contributed by atoms with Crippen LogP contribution in [0, 0.1) is 0 Å². The van der Waals surface area contributed by atoms with Gasteiger partial charge in [0, 0.05) is 0 Å². The van der Waals surface area contributed by atoms with Crippen molar-refractivity contribution in [1.29, 1.82) is 0 Å². The van der Waals surface area contributed by atoms with Gasteiger partial charge in [0.1, 0.15) is 0 Å². The van der Waals surface area contributed by atoms with Crippen molar-refractivity contribution in [2.75, 3.05) is 0 Å². The lowest BCUT2D eigenvalue weighted by Crippen LogP contribution is -2.39. The van der Waals surface area contributed by atoms with E-state index in [9.17, 15) is 4.39 Å². The molecule has 0 spiro atoms. The fourth-order valence-corrected chi connectivity index (χ4v) is 1.66. The van der Waals surface area contributed by atoms with Gasteiger partial charge in [0.15, 0.2) is 5.79 Å². The summed E-state index contributed by atoms with van der Waals surface area (Å²) in [6.45, 7) is 0. The van der Waals surface area contributed by atoms with Gasteiger partial charge in [-0.1, -0.05) is 48.6 Å². The van der Waals surface area contributed by atoms with Crippen molar-refractivity contribution in [3.8, 4) is 0 Å². The minimum Gasteiger partial charge on any atom is -0.295 e. The van der Waals surface area contributed by atoms with Crippen molar-refractivity contribution in [2.45, 2.75) is 11.7 Å². The Labute approximate surface area is 82.7 Å². The first kappa shape index (κ1) is 9.16. The maximum Gasteiger partial charge on any atom is 0.188 e. The fourth-order valence-electron chi connectivity index (χ4n) is 1.66. The first-order valence-electron chi connectivity index (χ1n) is 4.59. The third kappa shape index (κ3) is 1.61. The van der Waals surface area contributed by atoms with Crippen molar-refractivity contribution < 1.29 is 4.39 Å². The molecule has 1 aliphatic rings. The summed E-state index contributed by atoms with van der Waals surface area (Å²) in [4.78, 5) is 0. The molecular weight excluding hydrogens is 177 g/mol. The van der Waals surface area contributed by atoms with Crippen molar-refractivity contribution in [1.82, 2.24) is 0 Å².